The molecule has 0 radical (unpaired) electrons. The van der Waals surface area contributed by atoms with Gasteiger partial charge in [-0.3, -0.25) is 0 Å². The Labute approximate surface area is 191 Å². The smallest absolute Gasteiger partial charge is 0.191 e. The Morgan fingerprint density at radius 1 is 1.17 bits per heavy atom. The summed E-state index contributed by atoms with van der Waals surface area (Å²) in [4.78, 5) is 4.80. The summed E-state index contributed by atoms with van der Waals surface area (Å²) in [7, 11) is 1.69. The van der Waals surface area contributed by atoms with Crippen LogP contribution in [0.2, 0.25) is 0 Å². The van der Waals surface area contributed by atoms with Crippen LogP contribution >= 0.6 is 24.0 Å². The lowest BCUT2D eigenvalue weighted by Gasteiger charge is -2.22. The molecular formula is C22H34IN3O3. The number of nitrogens with one attached hydrogen (secondary N) is 2. The molecule has 29 heavy (non-hydrogen) atoms. The molecule has 162 valence electrons. The van der Waals surface area contributed by atoms with Gasteiger partial charge in [-0.1, -0.05) is 6.07 Å². The predicted octanol–water partition coefficient (Wildman–Crippen LogP) is 4.01. The van der Waals surface area contributed by atoms with Gasteiger partial charge in [0.25, 0.3) is 0 Å². The molecule has 2 N–H and O–H groups in total. The van der Waals surface area contributed by atoms with Gasteiger partial charge in [-0.25, -0.2) is 4.99 Å². The number of halogens is 1. The number of methoxy groups -OCH3 is 1. The molecule has 0 aromatic heterocycles. The number of rotatable bonds is 7. The number of aliphatic imine (C=N–C) groups is 1. The maximum absolute atomic E-state index is 6.21. The van der Waals surface area contributed by atoms with Crippen molar-refractivity contribution in [2.24, 2.45) is 4.99 Å². The highest BCUT2D eigenvalue weighted by molar-refractivity contribution is 14.0. The van der Waals surface area contributed by atoms with Gasteiger partial charge in [-0.05, 0) is 69.6 Å². The number of guanidine groups is 1. The lowest BCUT2D eigenvalue weighted by Crippen LogP contribution is -2.47. The SMILES string of the molecule is CCNC(=NCc1ccc(OC)c(OC2CCCC2)c1)NC1CC2CCC1O2.I. The first kappa shape index (κ1) is 22.5. The van der Waals surface area contributed by atoms with E-state index < -0.39 is 0 Å². The highest BCUT2D eigenvalue weighted by atomic mass is 127. The van der Waals surface area contributed by atoms with E-state index in [0.717, 1.165) is 55.3 Å². The van der Waals surface area contributed by atoms with Crippen LogP contribution in [-0.4, -0.2) is 44.0 Å². The third-order valence-corrected chi connectivity index (χ3v) is 6.02. The van der Waals surface area contributed by atoms with Crippen molar-refractivity contribution < 1.29 is 14.2 Å². The van der Waals surface area contributed by atoms with Crippen LogP contribution in [0.3, 0.4) is 0 Å². The first-order valence-corrected chi connectivity index (χ1v) is 10.8. The van der Waals surface area contributed by atoms with Crippen molar-refractivity contribution in [3.8, 4) is 11.5 Å². The number of hydrogen-bond acceptors (Lipinski definition) is 4. The molecular weight excluding hydrogens is 481 g/mol. The molecule has 4 rings (SSSR count). The molecule has 0 spiro atoms. The van der Waals surface area contributed by atoms with Gasteiger partial charge < -0.3 is 24.8 Å². The Hall–Kier alpha value is -1.22. The normalized spacial score (nSPS) is 26.3. The highest BCUT2D eigenvalue weighted by Crippen LogP contribution is 2.34. The summed E-state index contributed by atoms with van der Waals surface area (Å²) >= 11 is 0. The Bertz CT molecular complexity index is 694. The Morgan fingerprint density at radius 2 is 2.00 bits per heavy atom. The van der Waals surface area contributed by atoms with Crippen LogP contribution in [0.25, 0.3) is 0 Å². The van der Waals surface area contributed by atoms with Gasteiger partial charge >= 0.3 is 0 Å². The van der Waals surface area contributed by atoms with Crippen molar-refractivity contribution in [3.05, 3.63) is 23.8 Å². The van der Waals surface area contributed by atoms with Crippen molar-refractivity contribution in [2.45, 2.75) is 82.8 Å². The standard InChI is InChI=1S/C22H33N3O3.HI/c1-3-23-22(25-18-13-17-9-11-19(18)28-17)24-14-15-8-10-20(26-2)21(12-15)27-16-6-4-5-7-16;/h8,10,12,16-19H,3-7,9,11,13-14H2,1-2H3,(H2,23,24,25);1H. The minimum Gasteiger partial charge on any atom is -0.493 e. The van der Waals surface area contributed by atoms with Crippen LogP contribution in [0.15, 0.2) is 23.2 Å². The second-order valence-electron chi connectivity index (χ2n) is 8.07. The van der Waals surface area contributed by atoms with Gasteiger partial charge in [0.1, 0.15) is 0 Å². The molecule has 2 heterocycles. The van der Waals surface area contributed by atoms with Gasteiger partial charge in [0.15, 0.2) is 17.5 Å². The molecule has 2 bridgehead atoms. The van der Waals surface area contributed by atoms with Gasteiger partial charge in [0, 0.05) is 6.54 Å². The van der Waals surface area contributed by atoms with E-state index in [1.807, 2.05) is 6.07 Å². The van der Waals surface area contributed by atoms with Gasteiger partial charge in [0.05, 0.1) is 38.0 Å². The third-order valence-electron chi connectivity index (χ3n) is 6.02. The quantitative estimate of drug-likeness (QED) is 0.327. The lowest BCUT2D eigenvalue weighted by molar-refractivity contribution is 0.0992. The molecule has 3 unspecified atom stereocenters. The van der Waals surface area contributed by atoms with Gasteiger partial charge in [-0.15, -0.1) is 24.0 Å². The van der Waals surface area contributed by atoms with Crippen molar-refractivity contribution in [3.63, 3.8) is 0 Å². The first-order chi connectivity index (χ1) is 13.7. The van der Waals surface area contributed by atoms with E-state index in [2.05, 4.69) is 29.7 Å². The van der Waals surface area contributed by atoms with Crippen LogP contribution in [0.1, 0.15) is 57.4 Å². The maximum Gasteiger partial charge on any atom is 0.191 e. The second-order valence-corrected chi connectivity index (χ2v) is 8.07. The number of hydrogen-bond donors (Lipinski definition) is 2. The topological polar surface area (TPSA) is 64.1 Å². The molecule has 1 aliphatic carbocycles. The number of ether oxygens (including phenoxy) is 3. The van der Waals surface area contributed by atoms with E-state index in [1.54, 1.807) is 7.11 Å². The van der Waals surface area contributed by atoms with E-state index in [-0.39, 0.29) is 24.0 Å². The largest absolute Gasteiger partial charge is 0.493 e. The molecule has 0 amide bonds. The molecule has 1 aromatic rings. The monoisotopic (exact) mass is 515 g/mol. The number of nitrogens with zero attached hydrogens (tertiary/aromatic N) is 1. The van der Waals surface area contributed by atoms with Crippen LogP contribution in [0.4, 0.5) is 0 Å². The zero-order valence-corrected chi connectivity index (χ0v) is 19.8. The summed E-state index contributed by atoms with van der Waals surface area (Å²) < 4.78 is 17.7. The molecule has 1 saturated carbocycles. The summed E-state index contributed by atoms with van der Waals surface area (Å²) in [6.07, 6.45) is 9.28. The average molecular weight is 515 g/mol. The molecule has 3 fully saturated rings. The van der Waals surface area contributed by atoms with E-state index in [0.29, 0.717) is 30.9 Å². The van der Waals surface area contributed by atoms with Crippen molar-refractivity contribution in [1.29, 1.82) is 0 Å². The zero-order chi connectivity index (χ0) is 19.3. The lowest BCUT2D eigenvalue weighted by atomic mass is 9.96. The molecule has 1 aromatic carbocycles. The fraction of sp³-hybridized carbons (Fsp3) is 0.682. The Kier molecular flexibility index (Phi) is 8.29. The average Bonchev–Trinajstić information content (AvgIpc) is 3.45. The summed E-state index contributed by atoms with van der Waals surface area (Å²) in [6.45, 7) is 3.53. The minimum absolute atomic E-state index is 0. The molecule has 2 aliphatic heterocycles. The van der Waals surface area contributed by atoms with Gasteiger partial charge in [-0.2, -0.15) is 0 Å². The Morgan fingerprint density at radius 3 is 2.66 bits per heavy atom. The van der Waals surface area contributed by atoms with E-state index in [4.69, 9.17) is 19.2 Å². The summed E-state index contributed by atoms with van der Waals surface area (Å²) in [5, 5.41) is 6.93. The van der Waals surface area contributed by atoms with Crippen molar-refractivity contribution in [2.75, 3.05) is 13.7 Å². The van der Waals surface area contributed by atoms with E-state index in [1.165, 1.54) is 19.3 Å². The van der Waals surface area contributed by atoms with Crippen LogP contribution in [-0.2, 0) is 11.3 Å². The Balaban J connectivity index is 0.00000240. The van der Waals surface area contributed by atoms with E-state index >= 15 is 0 Å². The predicted molar refractivity (Wildman–Crippen MR) is 126 cm³/mol. The maximum atomic E-state index is 6.21. The minimum atomic E-state index is 0. The molecule has 7 heteroatoms. The zero-order valence-electron chi connectivity index (χ0n) is 17.5. The summed E-state index contributed by atoms with van der Waals surface area (Å²) in [5.74, 6) is 2.49. The summed E-state index contributed by atoms with van der Waals surface area (Å²) in [6, 6.07) is 6.49. The molecule has 3 aliphatic rings. The molecule has 3 atom stereocenters. The van der Waals surface area contributed by atoms with Crippen LogP contribution in [0.5, 0.6) is 11.5 Å². The summed E-state index contributed by atoms with van der Waals surface area (Å²) in [5.41, 5.74) is 1.12. The fourth-order valence-electron chi connectivity index (χ4n) is 4.55. The van der Waals surface area contributed by atoms with Gasteiger partial charge in [0.2, 0.25) is 0 Å². The second kappa shape index (κ2) is 10.7. The third kappa shape index (κ3) is 5.69. The highest BCUT2D eigenvalue weighted by Gasteiger charge is 2.41. The fourth-order valence-corrected chi connectivity index (χ4v) is 4.55. The van der Waals surface area contributed by atoms with Crippen molar-refractivity contribution >= 4 is 29.9 Å². The molecule has 6 nitrogen and oxygen atoms in total. The van der Waals surface area contributed by atoms with Crippen LogP contribution in [0, 0.1) is 0 Å². The number of fused-ring (bicyclic) bond motifs is 2. The first-order valence-electron chi connectivity index (χ1n) is 10.8. The van der Waals surface area contributed by atoms with E-state index in [9.17, 15) is 0 Å². The van der Waals surface area contributed by atoms with Crippen molar-refractivity contribution in [1.82, 2.24) is 10.6 Å². The van der Waals surface area contributed by atoms with Crippen LogP contribution < -0.4 is 20.1 Å². The molecule has 2 saturated heterocycles. The number of benzene rings is 1.